The summed E-state index contributed by atoms with van der Waals surface area (Å²) in [7, 11) is 1.39. The molecule has 3 N–H and O–H groups in total. The Morgan fingerprint density at radius 2 is 1.92 bits per heavy atom. The third-order valence-corrected chi connectivity index (χ3v) is 4.31. The van der Waals surface area contributed by atoms with Crippen LogP contribution in [0, 0.1) is 6.92 Å². The number of aromatic hydroxyl groups is 3. The fourth-order valence-electron chi connectivity index (χ4n) is 3.00. The Morgan fingerprint density at radius 1 is 1.16 bits per heavy atom. The van der Waals surface area contributed by atoms with E-state index in [1.807, 2.05) is 0 Å². The van der Waals surface area contributed by atoms with Gasteiger partial charge in [0.1, 0.15) is 34.0 Å². The Hall–Kier alpha value is -3.19. The maximum Gasteiger partial charge on any atom is 0.259 e. The molecular formula is C18H14O7. The normalized spacial score (nSPS) is 15.5. The van der Waals surface area contributed by atoms with E-state index >= 15 is 0 Å². The lowest BCUT2D eigenvalue weighted by Gasteiger charge is -2.26. The minimum Gasteiger partial charge on any atom is -0.508 e. The second-order valence-corrected chi connectivity index (χ2v) is 5.78. The lowest BCUT2D eigenvalue weighted by atomic mass is 9.97. The number of fused-ring (bicyclic) bond motifs is 4. The predicted molar refractivity (Wildman–Crippen MR) is 88.0 cm³/mol. The maximum atomic E-state index is 13.1. The molecule has 1 aromatic heterocycles. The van der Waals surface area contributed by atoms with Gasteiger partial charge in [-0.15, -0.1) is 0 Å². The van der Waals surface area contributed by atoms with E-state index in [1.165, 1.54) is 38.3 Å². The number of phenols is 3. The summed E-state index contributed by atoms with van der Waals surface area (Å²) in [5.41, 5.74) is 0.329. The van der Waals surface area contributed by atoms with E-state index in [1.54, 1.807) is 0 Å². The zero-order valence-corrected chi connectivity index (χ0v) is 13.4. The molecule has 0 aliphatic carbocycles. The van der Waals surface area contributed by atoms with Crippen molar-refractivity contribution in [1.82, 2.24) is 0 Å². The van der Waals surface area contributed by atoms with Crippen molar-refractivity contribution in [3.63, 3.8) is 0 Å². The minimum atomic E-state index is -1.01. The SMILES string of the molecule is COC1Oc2cc(O)ccc2-c2c1oc1cc(O)c(C)c(O)c1c2=O. The Bertz CT molecular complexity index is 1080. The maximum absolute atomic E-state index is 13.1. The first-order valence-corrected chi connectivity index (χ1v) is 7.47. The van der Waals surface area contributed by atoms with Crippen LogP contribution in [0.3, 0.4) is 0 Å². The minimum absolute atomic E-state index is 0.0224. The molecule has 1 atom stereocenters. The van der Waals surface area contributed by atoms with Gasteiger partial charge in [-0.1, -0.05) is 0 Å². The zero-order valence-electron chi connectivity index (χ0n) is 13.4. The number of benzene rings is 2. The molecule has 7 nitrogen and oxygen atoms in total. The van der Waals surface area contributed by atoms with Crippen LogP contribution >= 0.6 is 0 Å². The summed E-state index contributed by atoms with van der Waals surface area (Å²) in [6.07, 6.45) is -1.01. The van der Waals surface area contributed by atoms with Crippen molar-refractivity contribution in [2.24, 2.45) is 0 Å². The fourth-order valence-corrected chi connectivity index (χ4v) is 3.00. The molecule has 0 fully saturated rings. The van der Waals surface area contributed by atoms with E-state index in [4.69, 9.17) is 13.9 Å². The van der Waals surface area contributed by atoms with Crippen molar-refractivity contribution in [3.05, 3.63) is 45.8 Å². The highest BCUT2D eigenvalue weighted by molar-refractivity contribution is 5.91. The van der Waals surface area contributed by atoms with Gasteiger partial charge in [-0.3, -0.25) is 4.79 Å². The molecule has 0 bridgehead atoms. The van der Waals surface area contributed by atoms with E-state index in [-0.39, 0.29) is 50.9 Å². The van der Waals surface area contributed by atoms with Gasteiger partial charge >= 0.3 is 0 Å². The van der Waals surface area contributed by atoms with Crippen LogP contribution in [-0.2, 0) is 4.74 Å². The molecule has 25 heavy (non-hydrogen) atoms. The van der Waals surface area contributed by atoms with Crippen molar-refractivity contribution in [2.75, 3.05) is 7.11 Å². The standard InChI is InChI=1S/C18H14O7/c1-7-10(20)6-12-14(15(7)21)16(22)13-9-4-3-8(19)5-11(9)25-18(23-2)17(13)24-12/h3-6,18-21H,1-2H3. The van der Waals surface area contributed by atoms with Crippen molar-refractivity contribution in [1.29, 1.82) is 0 Å². The molecular weight excluding hydrogens is 328 g/mol. The summed E-state index contributed by atoms with van der Waals surface area (Å²) in [6, 6.07) is 5.59. The van der Waals surface area contributed by atoms with E-state index < -0.39 is 11.7 Å². The van der Waals surface area contributed by atoms with Crippen LogP contribution < -0.4 is 10.2 Å². The highest BCUT2D eigenvalue weighted by atomic mass is 16.7. The molecule has 1 aliphatic heterocycles. The first-order valence-electron chi connectivity index (χ1n) is 7.47. The molecule has 128 valence electrons. The van der Waals surface area contributed by atoms with Gasteiger partial charge in [-0.25, -0.2) is 0 Å². The van der Waals surface area contributed by atoms with Gasteiger partial charge in [0.2, 0.25) is 5.43 Å². The molecule has 0 saturated heterocycles. The van der Waals surface area contributed by atoms with Crippen LogP contribution in [0.25, 0.3) is 22.1 Å². The van der Waals surface area contributed by atoms with Gasteiger partial charge < -0.3 is 29.2 Å². The quantitative estimate of drug-likeness (QED) is 0.624. The van der Waals surface area contributed by atoms with Crippen LogP contribution in [0.4, 0.5) is 0 Å². The predicted octanol–water partition coefficient (Wildman–Crippen LogP) is 2.92. The van der Waals surface area contributed by atoms with Crippen LogP contribution in [-0.4, -0.2) is 22.4 Å². The average Bonchev–Trinajstić information content (AvgIpc) is 2.58. The lowest BCUT2D eigenvalue weighted by molar-refractivity contribution is -0.0717. The van der Waals surface area contributed by atoms with Crippen molar-refractivity contribution >= 4 is 11.0 Å². The Labute approximate surface area is 141 Å². The van der Waals surface area contributed by atoms with Gasteiger partial charge in [-0.2, -0.15) is 0 Å². The molecule has 1 aliphatic rings. The smallest absolute Gasteiger partial charge is 0.259 e. The fraction of sp³-hybridized carbons (Fsp3) is 0.167. The van der Waals surface area contributed by atoms with Crippen LogP contribution in [0.5, 0.6) is 23.0 Å². The first-order chi connectivity index (χ1) is 11.9. The molecule has 0 saturated carbocycles. The molecule has 7 heteroatoms. The van der Waals surface area contributed by atoms with Gasteiger partial charge in [-0.05, 0) is 19.1 Å². The number of rotatable bonds is 1. The molecule has 3 aromatic rings. The highest BCUT2D eigenvalue weighted by Gasteiger charge is 2.33. The molecule has 0 spiro atoms. The molecule has 2 heterocycles. The third-order valence-electron chi connectivity index (χ3n) is 4.31. The van der Waals surface area contributed by atoms with Crippen molar-refractivity contribution in [2.45, 2.75) is 13.2 Å². The monoisotopic (exact) mass is 342 g/mol. The molecule has 4 rings (SSSR count). The van der Waals surface area contributed by atoms with E-state index in [0.717, 1.165) is 0 Å². The molecule has 2 aromatic carbocycles. The highest BCUT2D eigenvalue weighted by Crippen LogP contribution is 2.45. The Balaban J connectivity index is 2.17. The van der Waals surface area contributed by atoms with Crippen LogP contribution in [0.2, 0.25) is 0 Å². The van der Waals surface area contributed by atoms with Crippen molar-refractivity contribution < 1.29 is 29.2 Å². The number of hydrogen-bond donors (Lipinski definition) is 3. The summed E-state index contributed by atoms with van der Waals surface area (Å²) in [5.74, 6) is -0.163. The molecule has 1 unspecified atom stereocenters. The first kappa shape index (κ1) is 15.3. The van der Waals surface area contributed by atoms with E-state index in [0.29, 0.717) is 5.56 Å². The largest absolute Gasteiger partial charge is 0.508 e. The summed E-state index contributed by atoms with van der Waals surface area (Å²) in [4.78, 5) is 13.1. The van der Waals surface area contributed by atoms with Crippen LogP contribution in [0.1, 0.15) is 17.6 Å². The summed E-state index contributed by atoms with van der Waals surface area (Å²) < 4.78 is 16.6. The molecule has 0 amide bonds. The topological polar surface area (TPSA) is 109 Å². The zero-order chi connectivity index (χ0) is 17.9. The van der Waals surface area contributed by atoms with Gasteiger partial charge in [0.15, 0.2) is 5.76 Å². The number of phenolic OH excluding ortho intramolecular Hbond substituents is 3. The third kappa shape index (κ3) is 2.06. The Kier molecular flexibility index (Phi) is 3.16. The Morgan fingerprint density at radius 3 is 2.64 bits per heavy atom. The second-order valence-electron chi connectivity index (χ2n) is 5.78. The van der Waals surface area contributed by atoms with Gasteiger partial charge in [0.25, 0.3) is 6.29 Å². The lowest BCUT2D eigenvalue weighted by Crippen LogP contribution is -2.21. The summed E-state index contributed by atoms with van der Waals surface area (Å²) in [6.45, 7) is 1.50. The summed E-state index contributed by atoms with van der Waals surface area (Å²) in [5, 5.41) is 29.8. The van der Waals surface area contributed by atoms with Crippen LogP contribution in [0.15, 0.2) is 33.5 Å². The second kappa shape index (κ2) is 5.15. The van der Waals surface area contributed by atoms with E-state index in [9.17, 15) is 20.1 Å². The van der Waals surface area contributed by atoms with Crippen molar-refractivity contribution in [3.8, 4) is 34.1 Å². The number of hydrogen-bond acceptors (Lipinski definition) is 7. The van der Waals surface area contributed by atoms with Gasteiger partial charge in [0, 0.05) is 30.4 Å². The van der Waals surface area contributed by atoms with E-state index in [2.05, 4.69) is 0 Å². The number of ether oxygens (including phenoxy) is 2. The summed E-state index contributed by atoms with van der Waals surface area (Å²) >= 11 is 0. The average molecular weight is 342 g/mol. The number of methoxy groups -OCH3 is 1. The van der Waals surface area contributed by atoms with Gasteiger partial charge in [0.05, 0.1) is 5.56 Å². The molecule has 0 radical (unpaired) electrons.